The first-order valence-corrected chi connectivity index (χ1v) is 9.25. The van der Waals surface area contributed by atoms with Crippen molar-refractivity contribution in [3.8, 4) is 22.3 Å². The molecule has 4 heteroatoms. The van der Waals surface area contributed by atoms with Gasteiger partial charge in [-0.25, -0.2) is 0 Å². The highest BCUT2D eigenvalue weighted by Crippen LogP contribution is 2.30. The van der Waals surface area contributed by atoms with Gasteiger partial charge in [0.1, 0.15) is 0 Å². The molecule has 0 aliphatic heterocycles. The van der Waals surface area contributed by atoms with Gasteiger partial charge in [0.2, 0.25) is 0 Å². The molecule has 138 valence electrons. The van der Waals surface area contributed by atoms with Crippen LogP contribution < -0.4 is 5.32 Å². The zero-order valence-electron chi connectivity index (χ0n) is 16.0. The predicted octanol–water partition coefficient (Wildman–Crippen LogP) is 5.91. The molecule has 0 radical (unpaired) electrons. The van der Waals surface area contributed by atoms with Crippen molar-refractivity contribution in [3.63, 3.8) is 0 Å². The van der Waals surface area contributed by atoms with Gasteiger partial charge in [-0.05, 0) is 86.3 Å². The lowest BCUT2D eigenvalue weighted by molar-refractivity contribution is 0.0919. The van der Waals surface area contributed by atoms with E-state index in [1.807, 2.05) is 76.4 Å². The van der Waals surface area contributed by atoms with Crippen LogP contribution in [-0.4, -0.2) is 16.4 Å². The van der Waals surface area contributed by atoms with Crippen LogP contribution in [0.4, 0.5) is 0 Å². The number of carbonyl (C=O) groups is 1. The molecule has 1 aromatic heterocycles. The number of nitrogens with zero attached hydrogens (tertiary/aromatic N) is 1. The Morgan fingerprint density at radius 3 is 2.26 bits per heavy atom. The van der Waals surface area contributed by atoms with Gasteiger partial charge in [-0.2, -0.15) is 0 Å². The molecule has 1 N–H and O–H groups in total. The van der Waals surface area contributed by atoms with Gasteiger partial charge in [-0.3, -0.25) is 9.78 Å². The third kappa shape index (κ3) is 4.75. The van der Waals surface area contributed by atoms with Gasteiger partial charge in [0.15, 0.2) is 0 Å². The Morgan fingerprint density at radius 2 is 1.63 bits per heavy atom. The molecular weight excluding hydrogens is 356 g/mol. The fraction of sp³-hybridized carbons (Fsp3) is 0.217. The summed E-state index contributed by atoms with van der Waals surface area (Å²) in [7, 11) is 0. The first kappa shape index (κ1) is 19.1. The van der Waals surface area contributed by atoms with E-state index in [0.29, 0.717) is 10.6 Å². The molecule has 0 bridgehead atoms. The smallest absolute Gasteiger partial charge is 0.251 e. The number of rotatable bonds is 3. The summed E-state index contributed by atoms with van der Waals surface area (Å²) < 4.78 is 0. The molecule has 0 spiro atoms. The summed E-state index contributed by atoms with van der Waals surface area (Å²) >= 11 is 6.03. The van der Waals surface area contributed by atoms with E-state index in [1.54, 1.807) is 6.20 Å². The van der Waals surface area contributed by atoms with Crippen molar-refractivity contribution in [2.45, 2.75) is 33.2 Å². The first-order chi connectivity index (χ1) is 12.7. The quantitative estimate of drug-likeness (QED) is 0.615. The number of pyridine rings is 1. The maximum absolute atomic E-state index is 12.8. The highest BCUT2D eigenvalue weighted by atomic mass is 35.5. The molecule has 3 nitrogen and oxygen atoms in total. The van der Waals surface area contributed by atoms with Crippen LogP contribution in [-0.2, 0) is 0 Å². The monoisotopic (exact) mass is 378 g/mol. The van der Waals surface area contributed by atoms with Crippen molar-refractivity contribution < 1.29 is 4.79 Å². The van der Waals surface area contributed by atoms with Gasteiger partial charge in [-0.1, -0.05) is 23.7 Å². The molecular formula is C23H23ClN2O. The van der Waals surface area contributed by atoms with Crippen molar-refractivity contribution in [3.05, 3.63) is 77.1 Å². The number of hydrogen-bond donors (Lipinski definition) is 1. The van der Waals surface area contributed by atoms with Crippen molar-refractivity contribution in [2.24, 2.45) is 0 Å². The molecule has 2 aromatic carbocycles. The second-order valence-corrected chi connectivity index (χ2v) is 8.14. The largest absolute Gasteiger partial charge is 0.347 e. The van der Waals surface area contributed by atoms with Crippen LogP contribution in [0.5, 0.6) is 0 Å². The molecule has 0 aliphatic carbocycles. The minimum Gasteiger partial charge on any atom is -0.347 e. The highest BCUT2D eigenvalue weighted by Gasteiger charge is 2.17. The summed E-state index contributed by atoms with van der Waals surface area (Å²) in [6, 6.07) is 15.5. The van der Waals surface area contributed by atoms with E-state index in [4.69, 9.17) is 11.6 Å². The zero-order valence-corrected chi connectivity index (χ0v) is 16.8. The van der Waals surface area contributed by atoms with E-state index in [-0.39, 0.29) is 11.4 Å². The number of carbonyl (C=O) groups excluding carboxylic acids is 1. The topological polar surface area (TPSA) is 42.0 Å². The van der Waals surface area contributed by atoms with Gasteiger partial charge in [-0.15, -0.1) is 0 Å². The predicted molar refractivity (Wildman–Crippen MR) is 112 cm³/mol. The van der Waals surface area contributed by atoms with Gasteiger partial charge in [0, 0.05) is 34.1 Å². The van der Waals surface area contributed by atoms with E-state index in [1.165, 1.54) is 0 Å². The lowest BCUT2D eigenvalue weighted by Crippen LogP contribution is -2.40. The number of amides is 1. The van der Waals surface area contributed by atoms with Gasteiger partial charge in [0.25, 0.3) is 5.91 Å². The van der Waals surface area contributed by atoms with E-state index < -0.39 is 0 Å². The lowest BCUT2D eigenvalue weighted by atomic mass is 9.94. The molecule has 0 saturated heterocycles. The van der Waals surface area contributed by atoms with E-state index in [2.05, 4.69) is 16.4 Å². The third-order valence-electron chi connectivity index (χ3n) is 4.21. The first-order valence-electron chi connectivity index (χ1n) is 8.87. The van der Waals surface area contributed by atoms with Crippen LogP contribution in [0.3, 0.4) is 0 Å². The summed E-state index contributed by atoms with van der Waals surface area (Å²) in [5.41, 5.74) is 5.37. The Morgan fingerprint density at radius 1 is 0.963 bits per heavy atom. The van der Waals surface area contributed by atoms with Crippen LogP contribution in [0.1, 0.15) is 36.7 Å². The second kappa shape index (κ2) is 7.53. The van der Waals surface area contributed by atoms with E-state index >= 15 is 0 Å². The molecule has 0 saturated carbocycles. The number of benzene rings is 2. The van der Waals surface area contributed by atoms with Gasteiger partial charge < -0.3 is 5.32 Å². The third-order valence-corrected chi connectivity index (χ3v) is 4.46. The molecule has 1 amide bonds. The van der Waals surface area contributed by atoms with E-state index in [9.17, 15) is 4.79 Å². The summed E-state index contributed by atoms with van der Waals surface area (Å²) in [6.07, 6.45) is 3.61. The number of halogens is 1. The molecule has 0 aliphatic rings. The molecule has 3 aromatic rings. The van der Waals surface area contributed by atoms with Gasteiger partial charge in [0.05, 0.1) is 0 Å². The Hall–Kier alpha value is -2.65. The zero-order chi connectivity index (χ0) is 19.6. The van der Waals surface area contributed by atoms with Crippen LogP contribution in [0.15, 0.2) is 60.9 Å². The molecule has 0 atom stereocenters. The summed E-state index contributed by atoms with van der Waals surface area (Å²) in [6.45, 7) is 7.96. The Balaban J connectivity index is 2.15. The molecule has 0 unspecified atom stereocenters. The Labute approximate surface area is 165 Å². The number of hydrogen-bond acceptors (Lipinski definition) is 2. The number of aromatic nitrogens is 1. The summed E-state index contributed by atoms with van der Waals surface area (Å²) in [4.78, 5) is 17.1. The Bertz CT molecular complexity index is 972. The molecule has 0 fully saturated rings. The molecule has 1 heterocycles. The fourth-order valence-electron chi connectivity index (χ4n) is 2.90. The van der Waals surface area contributed by atoms with Crippen LogP contribution in [0.25, 0.3) is 22.3 Å². The lowest BCUT2D eigenvalue weighted by Gasteiger charge is -2.21. The van der Waals surface area contributed by atoms with Crippen LogP contribution >= 0.6 is 11.6 Å². The second-order valence-electron chi connectivity index (χ2n) is 7.70. The van der Waals surface area contributed by atoms with Crippen molar-refractivity contribution in [1.82, 2.24) is 10.3 Å². The summed E-state index contributed by atoms with van der Waals surface area (Å²) in [5, 5.41) is 3.72. The van der Waals surface area contributed by atoms with Gasteiger partial charge >= 0.3 is 0 Å². The van der Waals surface area contributed by atoms with Crippen molar-refractivity contribution in [2.75, 3.05) is 0 Å². The summed E-state index contributed by atoms with van der Waals surface area (Å²) in [5.74, 6) is -0.0962. The minimum absolute atomic E-state index is 0.0962. The average Bonchev–Trinajstić information content (AvgIpc) is 2.61. The SMILES string of the molecule is Cc1ccncc1-c1cc(C(=O)NC(C)(C)C)cc(-c2ccc(Cl)cc2)c1. The average molecular weight is 379 g/mol. The maximum atomic E-state index is 12.8. The van der Waals surface area contributed by atoms with Crippen LogP contribution in [0, 0.1) is 6.92 Å². The normalized spacial score (nSPS) is 11.3. The standard InChI is InChI=1S/C23H23ClN2O/c1-15-9-10-25-14-21(15)18-11-17(16-5-7-20(24)8-6-16)12-19(13-18)22(27)26-23(2,3)4/h5-14H,1-4H3,(H,26,27). The Kier molecular flexibility index (Phi) is 5.33. The van der Waals surface area contributed by atoms with Crippen LogP contribution in [0.2, 0.25) is 5.02 Å². The van der Waals surface area contributed by atoms with E-state index in [0.717, 1.165) is 27.8 Å². The maximum Gasteiger partial charge on any atom is 0.251 e. The number of nitrogens with one attached hydrogen (secondary N) is 1. The van der Waals surface area contributed by atoms with Crippen molar-refractivity contribution in [1.29, 1.82) is 0 Å². The minimum atomic E-state index is -0.308. The highest BCUT2D eigenvalue weighted by molar-refractivity contribution is 6.30. The fourth-order valence-corrected chi connectivity index (χ4v) is 3.03. The van der Waals surface area contributed by atoms with Crippen molar-refractivity contribution >= 4 is 17.5 Å². The molecule has 3 rings (SSSR count). The molecule has 27 heavy (non-hydrogen) atoms. The number of aryl methyl sites for hydroxylation is 1.